The molecule has 0 aliphatic carbocycles. The predicted molar refractivity (Wildman–Crippen MR) is 69.5 cm³/mol. The molecule has 2 aliphatic heterocycles. The first-order valence-corrected chi connectivity index (χ1v) is 6.67. The topological polar surface area (TPSA) is 73.4 Å². The number of fused-ring (bicyclic) bond motifs is 1. The summed E-state index contributed by atoms with van der Waals surface area (Å²) in [5.74, 6) is -0.462. The zero-order chi connectivity index (χ0) is 13.6. The Bertz CT molecular complexity index is 505. The van der Waals surface area contributed by atoms with E-state index in [9.17, 15) is 4.79 Å². The fourth-order valence-electron chi connectivity index (χ4n) is 2.84. The van der Waals surface area contributed by atoms with Gasteiger partial charge in [0.2, 0.25) is 0 Å². The molecule has 3 rings (SSSR count). The molecular weight excluding hydrogens is 244 g/mol. The maximum atomic E-state index is 11.3. The molecule has 6 heteroatoms. The normalized spacial score (nSPS) is 22.1. The highest BCUT2D eigenvalue weighted by Gasteiger charge is 2.43. The number of carbonyl (C=O) groups is 1. The highest BCUT2D eigenvalue weighted by molar-refractivity contribution is 5.90. The van der Waals surface area contributed by atoms with E-state index in [1.54, 1.807) is 0 Å². The SMILES string of the molecule is CC(C)N1Cc2cc(C(N)=O)nn2CC2(COC2)C1. The zero-order valence-electron chi connectivity index (χ0n) is 11.4. The summed E-state index contributed by atoms with van der Waals surface area (Å²) in [5.41, 5.74) is 6.87. The third-order valence-corrected chi connectivity index (χ3v) is 4.05. The summed E-state index contributed by atoms with van der Waals surface area (Å²) in [7, 11) is 0. The number of primary amides is 1. The lowest BCUT2D eigenvalue weighted by atomic mass is 9.85. The van der Waals surface area contributed by atoms with Gasteiger partial charge in [-0.15, -0.1) is 0 Å². The Morgan fingerprint density at radius 3 is 2.74 bits per heavy atom. The third kappa shape index (κ3) is 2.15. The second kappa shape index (κ2) is 4.31. The van der Waals surface area contributed by atoms with Gasteiger partial charge in [-0.25, -0.2) is 0 Å². The molecule has 19 heavy (non-hydrogen) atoms. The number of rotatable bonds is 2. The lowest BCUT2D eigenvalue weighted by molar-refractivity contribution is -0.135. The second-order valence-corrected chi connectivity index (χ2v) is 6.03. The Morgan fingerprint density at radius 1 is 1.47 bits per heavy atom. The molecule has 1 aromatic heterocycles. The van der Waals surface area contributed by atoms with Crippen molar-refractivity contribution in [1.82, 2.24) is 14.7 Å². The molecule has 3 heterocycles. The third-order valence-electron chi connectivity index (χ3n) is 4.05. The minimum Gasteiger partial charge on any atom is -0.380 e. The van der Waals surface area contributed by atoms with Crippen LogP contribution < -0.4 is 5.73 Å². The van der Waals surface area contributed by atoms with E-state index in [1.165, 1.54) is 0 Å². The van der Waals surface area contributed by atoms with Crippen molar-refractivity contribution < 1.29 is 9.53 Å². The van der Waals surface area contributed by atoms with Crippen molar-refractivity contribution in [2.24, 2.45) is 11.1 Å². The van der Waals surface area contributed by atoms with E-state index < -0.39 is 5.91 Å². The summed E-state index contributed by atoms with van der Waals surface area (Å²) in [6.07, 6.45) is 0. The van der Waals surface area contributed by atoms with Crippen molar-refractivity contribution in [3.8, 4) is 0 Å². The maximum Gasteiger partial charge on any atom is 0.269 e. The van der Waals surface area contributed by atoms with Gasteiger partial charge in [-0.3, -0.25) is 14.4 Å². The summed E-state index contributed by atoms with van der Waals surface area (Å²) in [6.45, 7) is 8.53. The van der Waals surface area contributed by atoms with Crippen LogP contribution in [0.15, 0.2) is 6.07 Å². The average molecular weight is 264 g/mol. The fraction of sp³-hybridized carbons (Fsp3) is 0.692. The van der Waals surface area contributed by atoms with Gasteiger partial charge in [0, 0.05) is 24.5 Å². The molecule has 1 fully saturated rings. The Hall–Kier alpha value is -1.40. The predicted octanol–water partition coefficient (Wildman–Crippen LogP) is 0.223. The van der Waals surface area contributed by atoms with E-state index in [2.05, 4.69) is 23.8 Å². The summed E-state index contributed by atoms with van der Waals surface area (Å²) in [6, 6.07) is 2.27. The number of hydrogen-bond acceptors (Lipinski definition) is 4. The Balaban J connectivity index is 1.96. The fourth-order valence-corrected chi connectivity index (χ4v) is 2.84. The van der Waals surface area contributed by atoms with Crippen molar-refractivity contribution in [2.45, 2.75) is 33.0 Å². The molecule has 104 valence electrons. The highest BCUT2D eigenvalue weighted by Crippen LogP contribution is 2.34. The van der Waals surface area contributed by atoms with Crippen LogP contribution in [-0.2, 0) is 17.8 Å². The molecule has 0 atom stereocenters. The smallest absolute Gasteiger partial charge is 0.269 e. The molecule has 1 amide bonds. The van der Waals surface area contributed by atoms with Gasteiger partial charge in [-0.05, 0) is 19.9 Å². The first-order chi connectivity index (χ1) is 8.99. The largest absolute Gasteiger partial charge is 0.380 e. The van der Waals surface area contributed by atoms with Crippen molar-refractivity contribution in [3.63, 3.8) is 0 Å². The summed E-state index contributed by atoms with van der Waals surface area (Å²) in [4.78, 5) is 13.7. The van der Waals surface area contributed by atoms with E-state index in [0.29, 0.717) is 11.7 Å². The lowest BCUT2D eigenvalue weighted by Gasteiger charge is -2.43. The van der Waals surface area contributed by atoms with Crippen LogP contribution in [0.3, 0.4) is 0 Å². The van der Waals surface area contributed by atoms with Gasteiger partial charge < -0.3 is 10.5 Å². The number of ether oxygens (including phenoxy) is 1. The zero-order valence-corrected chi connectivity index (χ0v) is 11.4. The van der Waals surface area contributed by atoms with Crippen LogP contribution in [0.4, 0.5) is 0 Å². The minimum atomic E-state index is -0.462. The van der Waals surface area contributed by atoms with Gasteiger partial charge in [0.25, 0.3) is 5.91 Å². The van der Waals surface area contributed by atoms with Crippen LogP contribution in [0.2, 0.25) is 0 Å². The van der Waals surface area contributed by atoms with Crippen LogP contribution in [0.5, 0.6) is 0 Å². The van der Waals surface area contributed by atoms with E-state index >= 15 is 0 Å². The van der Waals surface area contributed by atoms with E-state index in [0.717, 1.165) is 38.5 Å². The van der Waals surface area contributed by atoms with Gasteiger partial charge in [0.1, 0.15) is 5.69 Å². The monoisotopic (exact) mass is 264 g/mol. The van der Waals surface area contributed by atoms with Crippen molar-refractivity contribution in [2.75, 3.05) is 19.8 Å². The number of aromatic nitrogens is 2. The van der Waals surface area contributed by atoms with Crippen LogP contribution in [0, 0.1) is 5.41 Å². The van der Waals surface area contributed by atoms with Gasteiger partial charge in [-0.1, -0.05) is 0 Å². The number of carbonyl (C=O) groups excluding carboxylic acids is 1. The molecule has 6 nitrogen and oxygen atoms in total. The Morgan fingerprint density at radius 2 is 2.21 bits per heavy atom. The van der Waals surface area contributed by atoms with E-state index in [-0.39, 0.29) is 5.41 Å². The quantitative estimate of drug-likeness (QED) is 0.829. The molecule has 0 saturated carbocycles. The van der Waals surface area contributed by atoms with Gasteiger partial charge >= 0.3 is 0 Å². The summed E-state index contributed by atoms with van der Waals surface area (Å²) >= 11 is 0. The molecule has 0 aromatic carbocycles. The van der Waals surface area contributed by atoms with Crippen LogP contribution in [-0.4, -0.2) is 46.4 Å². The number of amides is 1. The minimum absolute atomic E-state index is 0.135. The molecule has 2 aliphatic rings. The standard InChI is InChI=1S/C13H20N4O2/c1-9(2)16-4-10-3-11(12(14)18)15-17(10)6-13(5-16)7-19-8-13/h3,9H,4-8H2,1-2H3,(H2,14,18). The molecule has 1 spiro atoms. The van der Waals surface area contributed by atoms with Crippen molar-refractivity contribution >= 4 is 5.91 Å². The highest BCUT2D eigenvalue weighted by atomic mass is 16.5. The maximum absolute atomic E-state index is 11.3. The number of hydrogen-bond donors (Lipinski definition) is 1. The number of nitrogens with zero attached hydrogens (tertiary/aromatic N) is 3. The Kier molecular flexibility index (Phi) is 2.87. The summed E-state index contributed by atoms with van der Waals surface area (Å²) in [5, 5.41) is 4.34. The van der Waals surface area contributed by atoms with Crippen LogP contribution in [0.1, 0.15) is 30.0 Å². The van der Waals surface area contributed by atoms with Gasteiger partial charge in [-0.2, -0.15) is 5.10 Å². The first kappa shape index (κ1) is 12.6. The molecular formula is C13H20N4O2. The average Bonchev–Trinajstić information content (AvgIpc) is 2.60. The van der Waals surface area contributed by atoms with Gasteiger partial charge in [0.15, 0.2) is 0 Å². The van der Waals surface area contributed by atoms with Crippen molar-refractivity contribution in [3.05, 3.63) is 17.5 Å². The van der Waals surface area contributed by atoms with Gasteiger partial charge in [0.05, 0.1) is 25.5 Å². The first-order valence-electron chi connectivity index (χ1n) is 6.67. The molecule has 0 radical (unpaired) electrons. The van der Waals surface area contributed by atoms with Crippen LogP contribution >= 0.6 is 0 Å². The lowest BCUT2D eigenvalue weighted by Crippen LogP contribution is -2.52. The van der Waals surface area contributed by atoms with E-state index in [1.807, 2.05) is 10.7 Å². The Labute approximate surface area is 112 Å². The van der Waals surface area contributed by atoms with Crippen LogP contribution in [0.25, 0.3) is 0 Å². The summed E-state index contributed by atoms with van der Waals surface area (Å²) < 4.78 is 7.34. The molecule has 0 bridgehead atoms. The molecule has 1 saturated heterocycles. The number of nitrogens with two attached hydrogens (primary N) is 1. The molecule has 2 N–H and O–H groups in total. The van der Waals surface area contributed by atoms with E-state index in [4.69, 9.17) is 10.5 Å². The molecule has 0 unspecified atom stereocenters. The second-order valence-electron chi connectivity index (χ2n) is 6.03. The molecule has 1 aromatic rings. The van der Waals surface area contributed by atoms with Crippen molar-refractivity contribution in [1.29, 1.82) is 0 Å².